The standard InChI is InChI=1S/C16H17ClN4O3/c1-10(20-8-2-3-13(20)22)16-18-15(19-21(16)9-14(23)24)11-4-6-12(17)7-5-11/h4-7,10H,2-3,8-9H2,1H3,(H,23,24)/t10-/m0/s1. The van der Waals surface area contributed by atoms with Crippen LogP contribution in [0.5, 0.6) is 0 Å². The third kappa shape index (κ3) is 3.26. The molecule has 0 spiro atoms. The zero-order valence-electron chi connectivity index (χ0n) is 13.1. The Hall–Kier alpha value is -2.41. The van der Waals surface area contributed by atoms with Crippen LogP contribution in [0.3, 0.4) is 0 Å². The number of carbonyl (C=O) groups is 2. The molecular weight excluding hydrogens is 332 g/mol. The molecule has 126 valence electrons. The lowest BCUT2D eigenvalue weighted by Crippen LogP contribution is -2.30. The van der Waals surface area contributed by atoms with Gasteiger partial charge >= 0.3 is 5.97 Å². The summed E-state index contributed by atoms with van der Waals surface area (Å²) in [6.07, 6.45) is 1.32. The van der Waals surface area contributed by atoms with Crippen LogP contribution >= 0.6 is 11.6 Å². The van der Waals surface area contributed by atoms with Gasteiger partial charge in [0, 0.05) is 23.6 Å². The van der Waals surface area contributed by atoms with Crippen molar-refractivity contribution in [2.24, 2.45) is 0 Å². The van der Waals surface area contributed by atoms with Crippen molar-refractivity contribution >= 4 is 23.5 Å². The lowest BCUT2D eigenvalue weighted by molar-refractivity contribution is -0.138. The lowest BCUT2D eigenvalue weighted by Gasteiger charge is -2.23. The Morgan fingerprint density at radius 1 is 1.38 bits per heavy atom. The van der Waals surface area contributed by atoms with Crippen molar-refractivity contribution in [1.29, 1.82) is 0 Å². The molecule has 2 aromatic rings. The second kappa shape index (κ2) is 6.60. The minimum Gasteiger partial charge on any atom is -0.480 e. The number of carboxylic acids is 1. The molecule has 1 saturated heterocycles. The van der Waals surface area contributed by atoms with Crippen LogP contribution in [0.1, 0.15) is 31.6 Å². The van der Waals surface area contributed by atoms with Crippen LogP contribution in [0.15, 0.2) is 24.3 Å². The fraction of sp³-hybridized carbons (Fsp3) is 0.375. The summed E-state index contributed by atoms with van der Waals surface area (Å²) in [6, 6.07) is 6.67. The van der Waals surface area contributed by atoms with E-state index in [-0.39, 0.29) is 18.5 Å². The van der Waals surface area contributed by atoms with Crippen molar-refractivity contribution in [3.8, 4) is 11.4 Å². The Morgan fingerprint density at radius 2 is 2.08 bits per heavy atom. The van der Waals surface area contributed by atoms with Gasteiger partial charge < -0.3 is 10.0 Å². The van der Waals surface area contributed by atoms with Gasteiger partial charge in [-0.15, -0.1) is 0 Å². The Kier molecular flexibility index (Phi) is 4.53. The number of amides is 1. The molecule has 1 fully saturated rings. The molecule has 1 aliphatic heterocycles. The van der Waals surface area contributed by atoms with E-state index in [0.717, 1.165) is 12.0 Å². The van der Waals surface area contributed by atoms with E-state index in [4.69, 9.17) is 16.7 Å². The molecule has 2 heterocycles. The van der Waals surface area contributed by atoms with Gasteiger partial charge in [-0.2, -0.15) is 5.10 Å². The normalized spacial score (nSPS) is 15.8. The molecular formula is C16H17ClN4O3. The third-order valence-electron chi connectivity index (χ3n) is 4.04. The highest BCUT2D eigenvalue weighted by Crippen LogP contribution is 2.27. The first-order valence-electron chi connectivity index (χ1n) is 7.67. The van der Waals surface area contributed by atoms with Gasteiger partial charge in [0.1, 0.15) is 6.54 Å². The summed E-state index contributed by atoms with van der Waals surface area (Å²) in [6.45, 7) is 2.19. The van der Waals surface area contributed by atoms with Crippen molar-refractivity contribution in [1.82, 2.24) is 19.7 Å². The quantitative estimate of drug-likeness (QED) is 0.896. The summed E-state index contributed by atoms with van der Waals surface area (Å²) < 4.78 is 1.35. The van der Waals surface area contributed by atoms with Crippen LogP contribution in [-0.4, -0.2) is 43.2 Å². The number of benzene rings is 1. The first kappa shape index (κ1) is 16.4. The molecule has 24 heavy (non-hydrogen) atoms. The molecule has 0 bridgehead atoms. The van der Waals surface area contributed by atoms with Crippen molar-refractivity contribution in [3.05, 3.63) is 35.1 Å². The average molecular weight is 349 g/mol. The number of carbonyl (C=O) groups excluding carboxylic acids is 1. The number of hydrogen-bond donors (Lipinski definition) is 1. The number of hydrogen-bond acceptors (Lipinski definition) is 4. The van der Waals surface area contributed by atoms with Gasteiger partial charge in [-0.25, -0.2) is 9.67 Å². The molecule has 7 nitrogen and oxygen atoms in total. The lowest BCUT2D eigenvalue weighted by atomic mass is 10.2. The maximum absolute atomic E-state index is 12.0. The van der Waals surface area contributed by atoms with E-state index in [2.05, 4.69) is 10.1 Å². The van der Waals surface area contributed by atoms with Gasteiger partial charge in [0.05, 0.1) is 6.04 Å². The number of halogens is 1. The Balaban J connectivity index is 1.98. The molecule has 3 rings (SSSR count). The Bertz CT molecular complexity index is 772. The highest BCUT2D eigenvalue weighted by molar-refractivity contribution is 6.30. The minimum absolute atomic E-state index is 0.0559. The van der Waals surface area contributed by atoms with Crippen LogP contribution in [0.4, 0.5) is 0 Å². The van der Waals surface area contributed by atoms with E-state index < -0.39 is 5.97 Å². The van der Waals surface area contributed by atoms with Crippen molar-refractivity contribution in [2.75, 3.05) is 6.54 Å². The zero-order valence-corrected chi connectivity index (χ0v) is 13.9. The summed E-state index contributed by atoms with van der Waals surface area (Å²) in [4.78, 5) is 29.3. The van der Waals surface area contributed by atoms with Gasteiger partial charge in [-0.1, -0.05) is 11.6 Å². The predicted octanol–water partition coefficient (Wildman–Crippen LogP) is 2.37. The van der Waals surface area contributed by atoms with Crippen molar-refractivity contribution in [3.63, 3.8) is 0 Å². The number of carboxylic acid groups (broad SMARTS) is 1. The van der Waals surface area contributed by atoms with Gasteiger partial charge in [-0.05, 0) is 37.6 Å². The predicted molar refractivity (Wildman–Crippen MR) is 87.5 cm³/mol. The Morgan fingerprint density at radius 3 is 2.67 bits per heavy atom. The van der Waals surface area contributed by atoms with Crippen LogP contribution < -0.4 is 0 Å². The monoisotopic (exact) mass is 348 g/mol. The molecule has 0 unspecified atom stereocenters. The number of nitrogens with zero attached hydrogens (tertiary/aromatic N) is 4. The number of aliphatic carboxylic acids is 1. The van der Waals surface area contributed by atoms with Crippen molar-refractivity contribution < 1.29 is 14.7 Å². The van der Waals surface area contributed by atoms with E-state index in [0.29, 0.717) is 29.6 Å². The first-order chi connectivity index (χ1) is 11.5. The van der Waals surface area contributed by atoms with Gasteiger partial charge in [0.2, 0.25) is 5.91 Å². The minimum atomic E-state index is -1.01. The van der Waals surface area contributed by atoms with Crippen molar-refractivity contribution in [2.45, 2.75) is 32.4 Å². The van der Waals surface area contributed by atoms with E-state index in [1.54, 1.807) is 29.2 Å². The molecule has 1 N–H and O–H groups in total. The summed E-state index contributed by atoms with van der Waals surface area (Å²) in [5.74, 6) is -0.0665. The molecule has 8 heteroatoms. The van der Waals surface area contributed by atoms with Gasteiger partial charge in [-0.3, -0.25) is 9.59 Å². The highest BCUT2D eigenvalue weighted by Gasteiger charge is 2.30. The van der Waals surface area contributed by atoms with Crippen LogP contribution in [0, 0.1) is 0 Å². The summed E-state index contributed by atoms with van der Waals surface area (Å²) >= 11 is 5.89. The maximum atomic E-state index is 12.0. The molecule has 0 radical (unpaired) electrons. The zero-order chi connectivity index (χ0) is 17.3. The highest BCUT2D eigenvalue weighted by atomic mass is 35.5. The van der Waals surface area contributed by atoms with Gasteiger partial charge in [0.25, 0.3) is 0 Å². The van der Waals surface area contributed by atoms with E-state index >= 15 is 0 Å². The van der Waals surface area contributed by atoms with Gasteiger partial charge in [0.15, 0.2) is 11.6 Å². The molecule has 1 aromatic heterocycles. The number of rotatable bonds is 5. The maximum Gasteiger partial charge on any atom is 0.325 e. The number of likely N-dealkylation sites (tertiary alicyclic amines) is 1. The summed E-state index contributed by atoms with van der Waals surface area (Å²) in [7, 11) is 0. The van der Waals surface area contributed by atoms with E-state index in [9.17, 15) is 9.59 Å². The molecule has 1 aliphatic rings. The van der Waals surface area contributed by atoms with E-state index in [1.807, 2.05) is 6.92 Å². The molecule has 0 saturated carbocycles. The average Bonchev–Trinajstić information content (AvgIpc) is 3.13. The second-order valence-electron chi connectivity index (χ2n) is 5.72. The molecule has 1 aromatic carbocycles. The SMILES string of the molecule is C[C@@H](c1nc(-c2ccc(Cl)cc2)nn1CC(=O)O)N1CCCC1=O. The van der Waals surface area contributed by atoms with Crippen LogP contribution in [-0.2, 0) is 16.1 Å². The first-order valence-corrected chi connectivity index (χ1v) is 8.05. The molecule has 1 atom stereocenters. The van der Waals surface area contributed by atoms with E-state index in [1.165, 1.54) is 4.68 Å². The van der Waals surface area contributed by atoms with Crippen LogP contribution in [0.2, 0.25) is 5.02 Å². The fourth-order valence-corrected chi connectivity index (χ4v) is 2.97. The second-order valence-corrected chi connectivity index (χ2v) is 6.15. The molecule has 1 amide bonds. The third-order valence-corrected chi connectivity index (χ3v) is 4.29. The fourth-order valence-electron chi connectivity index (χ4n) is 2.85. The summed E-state index contributed by atoms with van der Waals surface area (Å²) in [5.41, 5.74) is 0.740. The number of aromatic nitrogens is 3. The smallest absolute Gasteiger partial charge is 0.325 e. The molecule has 0 aliphatic carbocycles. The topological polar surface area (TPSA) is 88.3 Å². The Labute approximate surface area is 143 Å². The van der Waals surface area contributed by atoms with Crippen LogP contribution in [0.25, 0.3) is 11.4 Å². The summed E-state index contributed by atoms with van der Waals surface area (Å²) in [5, 5.41) is 14.0. The largest absolute Gasteiger partial charge is 0.480 e.